The fraction of sp³-hybridized carbons (Fsp3) is 0.387. The quantitative estimate of drug-likeness (QED) is 0.558. The number of amides is 3. The van der Waals surface area contributed by atoms with Gasteiger partial charge in [0.05, 0.1) is 17.9 Å². The van der Waals surface area contributed by atoms with Gasteiger partial charge in [-0.2, -0.15) is 0 Å². The maximum atomic E-state index is 14.2. The van der Waals surface area contributed by atoms with E-state index in [1.807, 2.05) is 85.0 Å². The lowest BCUT2D eigenvalue weighted by Gasteiger charge is -2.35. The van der Waals surface area contributed by atoms with Crippen LogP contribution in [-0.4, -0.2) is 81.5 Å². The summed E-state index contributed by atoms with van der Waals surface area (Å²) in [4.78, 5) is 47.4. The largest absolute Gasteiger partial charge is 0.396 e. The minimum atomic E-state index is -1.25. The second-order valence-corrected chi connectivity index (χ2v) is 10.7. The van der Waals surface area contributed by atoms with Crippen LogP contribution in [-0.2, 0) is 32.2 Å². The van der Waals surface area contributed by atoms with Crippen molar-refractivity contribution in [3.8, 4) is 0 Å². The molecule has 0 bridgehead atoms. The summed E-state index contributed by atoms with van der Waals surface area (Å²) in [6.45, 7) is 1.75. The van der Waals surface area contributed by atoms with Gasteiger partial charge >= 0.3 is 0 Å². The Balaban J connectivity index is 1.36. The van der Waals surface area contributed by atoms with E-state index in [9.17, 15) is 19.5 Å². The molecular formula is C31H33N3O5. The van der Waals surface area contributed by atoms with Crippen molar-refractivity contribution in [1.29, 1.82) is 0 Å². The number of nitrogens with zero attached hydrogens (tertiary/aromatic N) is 3. The molecule has 2 fully saturated rings. The molecule has 0 radical (unpaired) electrons. The third kappa shape index (κ3) is 4.37. The van der Waals surface area contributed by atoms with Gasteiger partial charge in [-0.3, -0.25) is 14.4 Å². The summed E-state index contributed by atoms with van der Waals surface area (Å²) in [5, 5.41) is 9.57. The van der Waals surface area contributed by atoms with Gasteiger partial charge in [-0.1, -0.05) is 85.0 Å². The first-order chi connectivity index (χ1) is 19.0. The van der Waals surface area contributed by atoms with Gasteiger partial charge in [-0.15, -0.1) is 0 Å². The minimum absolute atomic E-state index is 0.106. The predicted octanol–water partition coefficient (Wildman–Crippen LogP) is 2.15. The van der Waals surface area contributed by atoms with Crippen LogP contribution in [0.5, 0.6) is 0 Å². The lowest BCUT2D eigenvalue weighted by molar-refractivity contribution is -0.148. The summed E-state index contributed by atoms with van der Waals surface area (Å²) >= 11 is 0. The van der Waals surface area contributed by atoms with Gasteiger partial charge < -0.3 is 24.5 Å². The van der Waals surface area contributed by atoms with E-state index >= 15 is 0 Å². The number of carbonyl (C=O) groups excluding carboxylic acids is 3. The Morgan fingerprint density at radius 1 is 0.821 bits per heavy atom. The molecule has 2 aromatic carbocycles. The van der Waals surface area contributed by atoms with Crippen LogP contribution < -0.4 is 0 Å². The highest BCUT2D eigenvalue weighted by molar-refractivity contribution is 5.99. The van der Waals surface area contributed by atoms with Gasteiger partial charge in [0.1, 0.15) is 11.6 Å². The van der Waals surface area contributed by atoms with Crippen LogP contribution in [0.2, 0.25) is 0 Å². The summed E-state index contributed by atoms with van der Waals surface area (Å²) in [5.41, 5.74) is 0.748. The summed E-state index contributed by atoms with van der Waals surface area (Å²) in [6.07, 6.45) is 7.30. The van der Waals surface area contributed by atoms with Crippen LogP contribution in [0.15, 0.2) is 85.0 Å². The fourth-order valence-electron chi connectivity index (χ4n) is 6.61. The van der Waals surface area contributed by atoms with E-state index in [4.69, 9.17) is 4.74 Å². The zero-order valence-electron chi connectivity index (χ0n) is 21.8. The summed E-state index contributed by atoms with van der Waals surface area (Å²) in [6, 6.07) is 18.6. The number of ether oxygens (including phenoxy) is 1. The van der Waals surface area contributed by atoms with Gasteiger partial charge in [0.15, 0.2) is 0 Å². The molecule has 2 saturated heterocycles. The van der Waals surface area contributed by atoms with Crippen LogP contribution in [0, 0.1) is 11.8 Å². The van der Waals surface area contributed by atoms with Gasteiger partial charge in [0, 0.05) is 39.3 Å². The predicted molar refractivity (Wildman–Crippen MR) is 144 cm³/mol. The Morgan fingerprint density at radius 3 is 2.08 bits per heavy atom. The molecule has 1 N–H and O–H groups in total. The monoisotopic (exact) mass is 527 g/mol. The molecule has 39 heavy (non-hydrogen) atoms. The second-order valence-electron chi connectivity index (χ2n) is 10.7. The highest BCUT2D eigenvalue weighted by Gasteiger charge is 2.71. The Morgan fingerprint density at radius 2 is 1.44 bits per heavy atom. The standard InChI is InChI=1S/C31H33N3O5/c35-19-9-18-34-27-30(38)33(21-23-12-5-2-6-13-23)17-8-15-31(27)26(29(34)37)25-24(39-31)14-7-16-32(28(25)36)20-22-10-3-1-4-11-22/h1-8,10-15,24-27,35H,9,16-21H2/t24-,25+,26-,27?,31-/m0/s1. The molecule has 1 spiro atoms. The number of aliphatic hydroxyl groups is 1. The van der Waals surface area contributed by atoms with Crippen molar-refractivity contribution in [1.82, 2.24) is 14.7 Å². The summed E-state index contributed by atoms with van der Waals surface area (Å²) < 4.78 is 6.67. The maximum absolute atomic E-state index is 14.2. The number of likely N-dealkylation sites (tertiary alicyclic amines) is 1. The van der Waals surface area contributed by atoms with E-state index in [0.29, 0.717) is 32.6 Å². The molecule has 0 aromatic heterocycles. The molecule has 4 aliphatic rings. The van der Waals surface area contributed by atoms with Crippen LogP contribution in [0.25, 0.3) is 0 Å². The molecule has 4 aliphatic heterocycles. The molecule has 202 valence electrons. The van der Waals surface area contributed by atoms with Crippen molar-refractivity contribution in [3.05, 3.63) is 96.1 Å². The fourth-order valence-corrected chi connectivity index (χ4v) is 6.61. The van der Waals surface area contributed by atoms with Crippen molar-refractivity contribution in [3.63, 3.8) is 0 Å². The Hall–Kier alpha value is -3.75. The number of hydrogen-bond acceptors (Lipinski definition) is 5. The van der Waals surface area contributed by atoms with Crippen LogP contribution >= 0.6 is 0 Å². The smallest absolute Gasteiger partial charge is 0.249 e. The van der Waals surface area contributed by atoms with E-state index in [-0.39, 0.29) is 30.9 Å². The SMILES string of the molecule is O=C1C2N(CCCO)C(=O)[C@@H]3[C@@H]4C(=O)N(Cc5ccccc5)CC=C[C@@H]4O[C@]23C=CCN1Cc1ccccc1. The first-order valence-electron chi connectivity index (χ1n) is 13.6. The normalized spacial score (nSPS) is 29.8. The van der Waals surface area contributed by atoms with Crippen LogP contribution in [0.3, 0.4) is 0 Å². The molecule has 8 nitrogen and oxygen atoms in total. The minimum Gasteiger partial charge on any atom is -0.396 e. The van der Waals surface area contributed by atoms with Gasteiger partial charge in [-0.05, 0) is 17.5 Å². The van der Waals surface area contributed by atoms with Crippen molar-refractivity contribution in [2.75, 3.05) is 26.2 Å². The van der Waals surface area contributed by atoms with E-state index in [0.717, 1.165) is 11.1 Å². The number of carbonyl (C=O) groups is 3. The van der Waals surface area contributed by atoms with Crippen molar-refractivity contribution in [2.24, 2.45) is 11.8 Å². The van der Waals surface area contributed by atoms with E-state index < -0.39 is 29.6 Å². The lowest BCUT2D eigenvalue weighted by Crippen LogP contribution is -2.55. The van der Waals surface area contributed by atoms with E-state index in [1.165, 1.54) is 0 Å². The summed E-state index contributed by atoms with van der Waals surface area (Å²) in [5.74, 6) is -2.16. The molecule has 3 amide bonds. The molecule has 5 atom stereocenters. The van der Waals surface area contributed by atoms with Crippen LogP contribution in [0.1, 0.15) is 17.5 Å². The Kier molecular flexibility index (Phi) is 6.83. The molecule has 2 aromatic rings. The highest BCUT2D eigenvalue weighted by atomic mass is 16.5. The third-order valence-electron chi connectivity index (χ3n) is 8.32. The van der Waals surface area contributed by atoms with Gasteiger partial charge in [-0.25, -0.2) is 0 Å². The Bertz CT molecular complexity index is 1300. The molecule has 6 rings (SSSR count). The lowest BCUT2D eigenvalue weighted by atomic mass is 9.77. The maximum Gasteiger partial charge on any atom is 0.249 e. The van der Waals surface area contributed by atoms with E-state index in [1.54, 1.807) is 14.7 Å². The van der Waals surface area contributed by atoms with Crippen LogP contribution in [0.4, 0.5) is 0 Å². The molecule has 0 saturated carbocycles. The van der Waals surface area contributed by atoms with E-state index in [2.05, 4.69) is 0 Å². The number of rotatable bonds is 7. The molecule has 1 unspecified atom stereocenters. The zero-order chi connectivity index (χ0) is 27.0. The van der Waals surface area contributed by atoms with Crippen molar-refractivity contribution < 1.29 is 24.2 Å². The second kappa shape index (κ2) is 10.4. The van der Waals surface area contributed by atoms with Crippen molar-refractivity contribution >= 4 is 17.7 Å². The number of aliphatic hydroxyl groups excluding tert-OH is 1. The average molecular weight is 528 g/mol. The van der Waals surface area contributed by atoms with Gasteiger partial charge in [0.2, 0.25) is 17.7 Å². The first-order valence-corrected chi connectivity index (χ1v) is 13.6. The molecular weight excluding hydrogens is 494 g/mol. The highest BCUT2D eigenvalue weighted by Crippen LogP contribution is 2.53. The first kappa shape index (κ1) is 25.5. The topological polar surface area (TPSA) is 90.4 Å². The third-order valence-corrected chi connectivity index (χ3v) is 8.32. The molecule has 8 heteroatoms. The number of hydrogen-bond donors (Lipinski definition) is 1. The Labute approximate surface area is 228 Å². The van der Waals surface area contributed by atoms with Gasteiger partial charge in [0.25, 0.3) is 0 Å². The molecule has 4 heterocycles. The zero-order valence-corrected chi connectivity index (χ0v) is 21.8. The molecule has 0 aliphatic carbocycles. The number of benzene rings is 2. The summed E-state index contributed by atoms with van der Waals surface area (Å²) in [7, 11) is 0. The average Bonchev–Trinajstić information content (AvgIpc) is 3.27. The number of fused-ring (bicyclic) bond motifs is 2. The van der Waals surface area contributed by atoms with Crippen molar-refractivity contribution in [2.45, 2.75) is 37.3 Å².